The largest absolute Gasteiger partial charge is 0.383 e. The normalized spacial score (nSPS) is 8.80. The fourth-order valence-corrected chi connectivity index (χ4v) is 0.673. The van der Waals surface area contributed by atoms with Crippen molar-refractivity contribution in [2.24, 2.45) is 0 Å². The fraction of sp³-hybridized carbons (Fsp3) is 0.143. The summed E-state index contributed by atoms with van der Waals surface area (Å²) in [4.78, 5) is 3.81. The van der Waals surface area contributed by atoms with E-state index < -0.39 is 0 Å². The minimum Gasteiger partial charge on any atom is -0.383 e. The van der Waals surface area contributed by atoms with Gasteiger partial charge in [-0.05, 0) is 13.0 Å². The van der Waals surface area contributed by atoms with E-state index in [2.05, 4.69) is 4.98 Å². The van der Waals surface area contributed by atoms with Crippen LogP contribution in [0.5, 0.6) is 0 Å². The molecule has 2 N–H and O–H groups in total. The van der Waals surface area contributed by atoms with Gasteiger partial charge in [-0.1, -0.05) is 0 Å². The Hall–Kier alpha value is -1.56. The lowest BCUT2D eigenvalue weighted by Crippen LogP contribution is -1.95. The van der Waals surface area contributed by atoms with E-state index in [0.717, 1.165) is 5.56 Å². The highest BCUT2D eigenvalue weighted by atomic mass is 14.8. The molecular formula is C7H7N3. The summed E-state index contributed by atoms with van der Waals surface area (Å²) >= 11 is 0. The Morgan fingerprint density at radius 1 is 1.70 bits per heavy atom. The zero-order chi connectivity index (χ0) is 7.56. The van der Waals surface area contributed by atoms with Crippen molar-refractivity contribution in [1.29, 1.82) is 5.26 Å². The maximum atomic E-state index is 8.51. The zero-order valence-corrected chi connectivity index (χ0v) is 5.63. The van der Waals surface area contributed by atoms with Gasteiger partial charge >= 0.3 is 0 Å². The zero-order valence-electron chi connectivity index (χ0n) is 5.63. The van der Waals surface area contributed by atoms with Gasteiger partial charge in [0.2, 0.25) is 0 Å². The Morgan fingerprint density at radius 2 is 2.40 bits per heavy atom. The van der Waals surface area contributed by atoms with Crippen LogP contribution in [0.2, 0.25) is 0 Å². The van der Waals surface area contributed by atoms with Crippen LogP contribution in [0.4, 0.5) is 5.82 Å². The summed E-state index contributed by atoms with van der Waals surface area (Å²) in [5.74, 6) is 0.430. The summed E-state index contributed by atoms with van der Waals surface area (Å²) in [5, 5.41) is 8.51. The van der Waals surface area contributed by atoms with Gasteiger partial charge < -0.3 is 5.73 Å². The van der Waals surface area contributed by atoms with E-state index in [-0.39, 0.29) is 0 Å². The third-order valence-corrected chi connectivity index (χ3v) is 1.36. The highest BCUT2D eigenvalue weighted by molar-refractivity contribution is 5.48. The standard InChI is InChI=1S/C7H7N3/c1-5-6(4-8)2-3-10-7(5)9/h2-3H,1H3,(H2,9,10). The monoisotopic (exact) mass is 133 g/mol. The SMILES string of the molecule is Cc1c(C#N)ccnc1N. The van der Waals surface area contributed by atoms with E-state index in [4.69, 9.17) is 11.0 Å². The number of nitriles is 1. The van der Waals surface area contributed by atoms with Crippen LogP contribution in [0.25, 0.3) is 0 Å². The molecule has 0 aromatic carbocycles. The number of nitrogens with zero attached hydrogens (tertiary/aromatic N) is 2. The quantitative estimate of drug-likeness (QED) is 0.570. The van der Waals surface area contributed by atoms with E-state index in [1.165, 1.54) is 6.20 Å². The van der Waals surface area contributed by atoms with Gasteiger partial charge in [0.1, 0.15) is 5.82 Å². The maximum Gasteiger partial charge on any atom is 0.127 e. The topological polar surface area (TPSA) is 62.7 Å². The molecule has 0 spiro atoms. The van der Waals surface area contributed by atoms with E-state index in [9.17, 15) is 0 Å². The molecular weight excluding hydrogens is 126 g/mol. The van der Waals surface area contributed by atoms with Crippen LogP contribution in [-0.2, 0) is 0 Å². The lowest BCUT2D eigenvalue weighted by Gasteiger charge is -1.97. The lowest BCUT2D eigenvalue weighted by molar-refractivity contribution is 1.26. The Morgan fingerprint density at radius 3 is 2.90 bits per heavy atom. The average Bonchev–Trinajstić information content (AvgIpc) is 1.95. The fourth-order valence-electron chi connectivity index (χ4n) is 0.673. The molecule has 0 saturated carbocycles. The van der Waals surface area contributed by atoms with Crippen molar-refractivity contribution >= 4 is 5.82 Å². The number of hydrogen-bond acceptors (Lipinski definition) is 3. The van der Waals surface area contributed by atoms with Gasteiger partial charge in [0, 0.05) is 11.8 Å². The van der Waals surface area contributed by atoms with Gasteiger partial charge in [-0.3, -0.25) is 0 Å². The van der Waals surface area contributed by atoms with E-state index in [1.807, 2.05) is 6.07 Å². The molecule has 0 aliphatic rings. The lowest BCUT2D eigenvalue weighted by atomic mass is 10.2. The van der Waals surface area contributed by atoms with Crippen molar-refractivity contribution in [1.82, 2.24) is 4.98 Å². The predicted octanol–water partition coefficient (Wildman–Crippen LogP) is 0.844. The number of aromatic nitrogens is 1. The van der Waals surface area contributed by atoms with Crippen molar-refractivity contribution in [2.75, 3.05) is 5.73 Å². The second kappa shape index (κ2) is 2.36. The number of anilines is 1. The summed E-state index contributed by atoms with van der Waals surface area (Å²) in [6, 6.07) is 3.66. The minimum absolute atomic E-state index is 0.430. The van der Waals surface area contributed by atoms with Crippen molar-refractivity contribution < 1.29 is 0 Å². The first kappa shape index (κ1) is 6.56. The van der Waals surface area contributed by atoms with E-state index in [1.54, 1.807) is 13.0 Å². The molecule has 1 aromatic rings. The van der Waals surface area contributed by atoms with Crippen LogP contribution in [0, 0.1) is 18.3 Å². The molecule has 0 aliphatic carbocycles. The number of pyridine rings is 1. The number of nitrogens with two attached hydrogens (primary N) is 1. The van der Waals surface area contributed by atoms with Crippen molar-refractivity contribution in [2.45, 2.75) is 6.92 Å². The molecule has 0 radical (unpaired) electrons. The summed E-state index contributed by atoms with van der Waals surface area (Å²) < 4.78 is 0. The molecule has 1 aromatic heterocycles. The molecule has 0 fully saturated rings. The maximum absolute atomic E-state index is 8.51. The summed E-state index contributed by atoms with van der Waals surface area (Å²) in [6.45, 7) is 1.78. The van der Waals surface area contributed by atoms with Crippen LogP contribution < -0.4 is 5.73 Å². The second-order valence-corrected chi connectivity index (χ2v) is 1.98. The van der Waals surface area contributed by atoms with Gasteiger partial charge in [-0.15, -0.1) is 0 Å². The third kappa shape index (κ3) is 0.914. The van der Waals surface area contributed by atoms with Gasteiger partial charge in [-0.25, -0.2) is 4.98 Å². The molecule has 10 heavy (non-hydrogen) atoms. The van der Waals surface area contributed by atoms with Gasteiger partial charge in [0.15, 0.2) is 0 Å². The first-order valence-electron chi connectivity index (χ1n) is 2.87. The van der Waals surface area contributed by atoms with E-state index in [0.29, 0.717) is 11.4 Å². The molecule has 50 valence electrons. The average molecular weight is 133 g/mol. The van der Waals surface area contributed by atoms with Crippen molar-refractivity contribution in [3.63, 3.8) is 0 Å². The molecule has 0 unspecified atom stereocenters. The molecule has 0 saturated heterocycles. The van der Waals surface area contributed by atoms with E-state index >= 15 is 0 Å². The van der Waals surface area contributed by atoms with Gasteiger partial charge in [-0.2, -0.15) is 5.26 Å². The smallest absolute Gasteiger partial charge is 0.127 e. The molecule has 0 aliphatic heterocycles. The second-order valence-electron chi connectivity index (χ2n) is 1.98. The Labute approximate surface area is 59.1 Å². The summed E-state index contributed by atoms with van der Waals surface area (Å²) in [6.07, 6.45) is 1.53. The van der Waals surface area contributed by atoms with Crippen LogP contribution in [-0.4, -0.2) is 4.98 Å². The molecule has 1 heterocycles. The van der Waals surface area contributed by atoms with Crippen LogP contribution in [0.3, 0.4) is 0 Å². The number of nitrogen functional groups attached to an aromatic ring is 1. The van der Waals surface area contributed by atoms with Crippen LogP contribution in [0.1, 0.15) is 11.1 Å². The summed E-state index contributed by atoms with van der Waals surface area (Å²) in [7, 11) is 0. The Balaban J connectivity index is 3.31. The molecule has 0 bridgehead atoms. The molecule has 3 nitrogen and oxygen atoms in total. The van der Waals surface area contributed by atoms with Crippen molar-refractivity contribution in [3.05, 3.63) is 23.4 Å². The molecule has 3 heteroatoms. The highest BCUT2D eigenvalue weighted by Gasteiger charge is 1.98. The number of hydrogen-bond donors (Lipinski definition) is 1. The predicted molar refractivity (Wildman–Crippen MR) is 38.1 cm³/mol. The first-order valence-corrected chi connectivity index (χ1v) is 2.87. The molecule has 1 rings (SSSR count). The van der Waals surface area contributed by atoms with Crippen molar-refractivity contribution in [3.8, 4) is 6.07 Å². The number of rotatable bonds is 0. The molecule has 0 atom stereocenters. The first-order chi connectivity index (χ1) is 4.75. The Kier molecular flexibility index (Phi) is 1.55. The van der Waals surface area contributed by atoms with Crippen LogP contribution >= 0.6 is 0 Å². The van der Waals surface area contributed by atoms with Gasteiger partial charge in [0.05, 0.1) is 11.6 Å². The minimum atomic E-state index is 0.430. The van der Waals surface area contributed by atoms with Crippen LogP contribution in [0.15, 0.2) is 12.3 Å². The van der Waals surface area contributed by atoms with Gasteiger partial charge in [0.25, 0.3) is 0 Å². The summed E-state index contributed by atoms with van der Waals surface area (Å²) in [5.41, 5.74) is 6.78. The molecule has 0 amide bonds. The third-order valence-electron chi connectivity index (χ3n) is 1.36. The Bertz CT molecular complexity index is 285. The highest BCUT2D eigenvalue weighted by Crippen LogP contribution is 2.10.